The Balaban J connectivity index is 1.19. The Morgan fingerprint density at radius 3 is 2.29 bits per heavy atom. The Morgan fingerprint density at radius 1 is 1.09 bits per heavy atom. The number of carbonyl (C=O) groups is 3. The second kappa shape index (κ2) is 8.33. The van der Waals surface area contributed by atoms with Crippen molar-refractivity contribution < 1.29 is 24.2 Å². The maximum atomic E-state index is 12.8. The molecule has 0 spiro atoms. The summed E-state index contributed by atoms with van der Waals surface area (Å²) in [5.41, 5.74) is 3.68. The monoisotopic (exact) mass is 460 g/mol. The molecule has 1 heterocycles. The largest absolute Gasteiger partial charge is 0.477 e. The summed E-state index contributed by atoms with van der Waals surface area (Å²) in [5, 5.41) is 18.5. The summed E-state index contributed by atoms with van der Waals surface area (Å²) in [6, 6.07) is 16.2. The lowest BCUT2D eigenvalue weighted by Crippen LogP contribution is -2.38. The van der Waals surface area contributed by atoms with E-state index < -0.39 is 17.5 Å². The number of fused-ring (bicyclic) bond motifs is 3. The van der Waals surface area contributed by atoms with Crippen LogP contribution in [0, 0.1) is 5.41 Å². The molecule has 9 nitrogen and oxygen atoms in total. The predicted molar refractivity (Wildman–Crippen MR) is 124 cm³/mol. The highest BCUT2D eigenvalue weighted by Gasteiger charge is 2.50. The van der Waals surface area contributed by atoms with Gasteiger partial charge in [-0.25, -0.2) is 9.59 Å². The molecule has 0 atom stereocenters. The number of carboxylic acids is 1. The number of nitrogens with one attached hydrogen (secondary N) is 2. The molecule has 174 valence electrons. The number of ether oxygens (including phenoxy) is 1. The van der Waals surface area contributed by atoms with Crippen molar-refractivity contribution in [2.24, 2.45) is 12.5 Å². The molecule has 0 bridgehead atoms. The summed E-state index contributed by atoms with van der Waals surface area (Å²) in [6.45, 7) is 0.297. The number of carboxylic acid groups (broad SMARTS) is 1. The van der Waals surface area contributed by atoms with E-state index in [1.165, 1.54) is 10.9 Å². The number of aromatic nitrogens is 2. The van der Waals surface area contributed by atoms with Gasteiger partial charge in [0.25, 0.3) is 0 Å². The van der Waals surface area contributed by atoms with E-state index in [4.69, 9.17) is 4.74 Å². The van der Waals surface area contributed by atoms with E-state index in [2.05, 4.69) is 40.0 Å². The first-order valence-corrected chi connectivity index (χ1v) is 11.1. The van der Waals surface area contributed by atoms with Crippen LogP contribution in [0.2, 0.25) is 0 Å². The van der Waals surface area contributed by atoms with Crippen molar-refractivity contribution in [3.05, 3.63) is 71.4 Å². The van der Waals surface area contributed by atoms with Crippen molar-refractivity contribution in [2.45, 2.75) is 18.8 Å². The highest BCUT2D eigenvalue weighted by Crippen LogP contribution is 2.46. The third kappa shape index (κ3) is 3.79. The third-order valence-electron chi connectivity index (χ3n) is 6.65. The minimum atomic E-state index is -1.18. The Bertz CT molecular complexity index is 1250. The van der Waals surface area contributed by atoms with Crippen LogP contribution < -0.4 is 10.6 Å². The summed E-state index contributed by atoms with van der Waals surface area (Å²) in [5.74, 6) is -1.46. The molecule has 3 aromatic rings. The van der Waals surface area contributed by atoms with Gasteiger partial charge in [-0.2, -0.15) is 5.10 Å². The number of nitrogens with zero attached hydrogens (tertiary/aromatic N) is 2. The first kappa shape index (κ1) is 21.7. The van der Waals surface area contributed by atoms with Gasteiger partial charge >= 0.3 is 12.1 Å². The van der Waals surface area contributed by atoms with Gasteiger partial charge in [0.1, 0.15) is 18.0 Å². The number of benzene rings is 2. The van der Waals surface area contributed by atoms with Crippen LogP contribution in [0.5, 0.6) is 0 Å². The number of anilines is 1. The molecule has 1 fully saturated rings. The molecule has 0 saturated heterocycles. The second-order valence-corrected chi connectivity index (χ2v) is 8.75. The van der Waals surface area contributed by atoms with Crippen molar-refractivity contribution in [3.63, 3.8) is 0 Å². The molecule has 9 heteroatoms. The van der Waals surface area contributed by atoms with Crippen molar-refractivity contribution in [2.75, 3.05) is 18.5 Å². The Morgan fingerprint density at radius 2 is 1.71 bits per heavy atom. The van der Waals surface area contributed by atoms with Gasteiger partial charge in [-0.05, 0) is 35.1 Å². The van der Waals surface area contributed by atoms with Crippen LogP contribution >= 0.6 is 0 Å². The lowest BCUT2D eigenvalue weighted by molar-refractivity contribution is -0.121. The highest BCUT2D eigenvalue weighted by atomic mass is 16.5. The van der Waals surface area contributed by atoms with Gasteiger partial charge in [0.05, 0.1) is 11.6 Å². The molecule has 5 rings (SSSR count). The maximum absolute atomic E-state index is 12.8. The molecule has 0 radical (unpaired) electrons. The summed E-state index contributed by atoms with van der Waals surface area (Å²) < 4.78 is 6.85. The highest BCUT2D eigenvalue weighted by molar-refractivity contribution is 6.02. The molecule has 2 amide bonds. The molecule has 2 aliphatic rings. The quantitative estimate of drug-likeness (QED) is 0.497. The number of aryl methyl sites for hydroxylation is 1. The van der Waals surface area contributed by atoms with Crippen LogP contribution in [0.25, 0.3) is 11.1 Å². The Hall–Kier alpha value is -4.14. The summed E-state index contributed by atoms with van der Waals surface area (Å²) in [4.78, 5) is 36.7. The molecular weight excluding hydrogens is 436 g/mol. The number of amides is 2. The van der Waals surface area contributed by atoms with Crippen molar-refractivity contribution in [1.82, 2.24) is 15.1 Å². The van der Waals surface area contributed by atoms with Gasteiger partial charge in [0, 0.05) is 19.5 Å². The van der Waals surface area contributed by atoms with Crippen LogP contribution in [0.4, 0.5) is 10.6 Å². The maximum Gasteiger partial charge on any atom is 0.407 e. The Kier molecular flexibility index (Phi) is 5.31. The molecule has 1 aromatic heterocycles. The smallest absolute Gasteiger partial charge is 0.407 e. The van der Waals surface area contributed by atoms with E-state index in [1.807, 2.05) is 24.3 Å². The second-order valence-electron chi connectivity index (χ2n) is 8.75. The average Bonchev–Trinajstić information content (AvgIpc) is 3.46. The minimum absolute atomic E-state index is 0.0457. The number of hydrogen-bond acceptors (Lipinski definition) is 5. The van der Waals surface area contributed by atoms with Crippen LogP contribution in [0.15, 0.2) is 54.7 Å². The minimum Gasteiger partial charge on any atom is -0.477 e. The van der Waals surface area contributed by atoms with Crippen LogP contribution in [-0.4, -0.2) is 46.0 Å². The van der Waals surface area contributed by atoms with E-state index >= 15 is 0 Å². The lowest BCUT2D eigenvalue weighted by Gasteiger charge is -2.18. The van der Waals surface area contributed by atoms with E-state index in [0.717, 1.165) is 22.3 Å². The van der Waals surface area contributed by atoms with Gasteiger partial charge in [-0.3, -0.25) is 9.48 Å². The molecular formula is C25H24N4O5. The topological polar surface area (TPSA) is 123 Å². The molecule has 2 aliphatic carbocycles. The molecule has 2 aromatic carbocycles. The van der Waals surface area contributed by atoms with Crippen LogP contribution in [0.3, 0.4) is 0 Å². The molecule has 1 saturated carbocycles. The molecule has 0 unspecified atom stereocenters. The zero-order valence-electron chi connectivity index (χ0n) is 18.6. The SMILES string of the molecule is Cn1ncc(C(=O)O)c1NC(=O)C1(CNC(=O)OCC2c3ccccc3-c3ccccc32)CC1. The first-order chi connectivity index (χ1) is 16.4. The van der Waals surface area contributed by atoms with Gasteiger partial charge in [0.15, 0.2) is 0 Å². The van der Waals surface area contributed by atoms with Crippen molar-refractivity contribution >= 4 is 23.8 Å². The van der Waals surface area contributed by atoms with Gasteiger partial charge in [0.2, 0.25) is 5.91 Å². The summed E-state index contributed by atoms with van der Waals surface area (Å²) in [6.07, 6.45) is 1.77. The molecule has 34 heavy (non-hydrogen) atoms. The fourth-order valence-corrected chi connectivity index (χ4v) is 4.51. The lowest BCUT2D eigenvalue weighted by atomic mass is 9.98. The summed E-state index contributed by atoms with van der Waals surface area (Å²) in [7, 11) is 1.55. The zero-order chi connectivity index (χ0) is 23.9. The van der Waals surface area contributed by atoms with E-state index in [-0.39, 0.29) is 36.4 Å². The summed E-state index contributed by atoms with van der Waals surface area (Å²) >= 11 is 0. The van der Waals surface area contributed by atoms with Crippen LogP contribution in [-0.2, 0) is 16.6 Å². The van der Waals surface area contributed by atoms with Gasteiger partial charge < -0.3 is 20.5 Å². The standard InChI is InChI=1S/C25H24N4O5/c1-29-21(19(12-27-29)22(30)31)28-23(32)25(10-11-25)14-26-24(33)34-13-20-17-8-4-2-6-15(17)16-7-3-5-9-18(16)20/h2-9,12,20H,10-11,13-14H2,1H3,(H,26,33)(H,28,32)(H,30,31). The van der Waals surface area contributed by atoms with Crippen molar-refractivity contribution in [3.8, 4) is 11.1 Å². The normalized spacial score (nSPS) is 15.2. The zero-order valence-corrected chi connectivity index (χ0v) is 18.6. The van der Waals surface area contributed by atoms with Gasteiger partial charge in [-0.1, -0.05) is 48.5 Å². The van der Waals surface area contributed by atoms with E-state index in [0.29, 0.717) is 12.8 Å². The predicted octanol–water partition coefficient (Wildman–Crippen LogP) is 3.38. The molecule has 3 N–H and O–H groups in total. The fourth-order valence-electron chi connectivity index (χ4n) is 4.51. The van der Waals surface area contributed by atoms with Crippen molar-refractivity contribution in [1.29, 1.82) is 0 Å². The van der Waals surface area contributed by atoms with Gasteiger partial charge in [-0.15, -0.1) is 0 Å². The number of alkyl carbamates (subject to hydrolysis) is 1. The Labute approximate surface area is 195 Å². The number of aromatic carboxylic acids is 1. The first-order valence-electron chi connectivity index (χ1n) is 11.1. The number of carbonyl (C=O) groups excluding carboxylic acids is 2. The number of hydrogen-bond donors (Lipinski definition) is 3. The van der Waals surface area contributed by atoms with E-state index in [9.17, 15) is 19.5 Å². The third-order valence-corrected chi connectivity index (χ3v) is 6.65. The molecule has 0 aliphatic heterocycles. The average molecular weight is 460 g/mol. The fraction of sp³-hybridized carbons (Fsp3) is 0.280. The number of rotatable bonds is 7. The van der Waals surface area contributed by atoms with E-state index in [1.54, 1.807) is 7.05 Å². The van der Waals surface area contributed by atoms with Crippen LogP contribution in [0.1, 0.15) is 40.2 Å².